The number of carbonyl (C=O) groups excluding carboxylic acids is 1. The summed E-state index contributed by atoms with van der Waals surface area (Å²) in [6.45, 7) is 6.02. The van der Waals surface area contributed by atoms with Crippen molar-refractivity contribution in [3.63, 3.8) is 0 Å². The largest absolute Gasteiger partial charge is 0.444 e. The molecule has 0 aliphatic rings. The maximum atomic E-state index is 11.6. The molecule has 23 heavy (non-hydrogen) atoms. The Hall–Kier alpha value is -2.37. The van der Waals surface area contributed by atoms with Crippen LogP contribution in [0.3, 0.4) is 0 Å². The van der Waals surface area contributed by atoms with Gasteiger partial charge >= 0.3 is 6.09 Å². The third kappa shape index (κ3) is 5.09. The summed E-state index contributed by atoms with van der Waals surface area (Å²) in [7, 11) is 3.94. The highest BCUT2D eigenvalue weighted by molar-refractivity contribution is 5.67. The standard InChI is InChI=1S/C17H24N4O2/c1-17(2,3)23-16(22)18-9-8-15-19-14(12-21(15)5)13-7-6-10-20(4)11-13/h6-7,10-12H,8-9H2,1-5H3/p+1. The van der Waals surface area contributed by atoms with Crippen LogP contribution in [0.2, 0.25) is 0 Å². The van der Waals surface area contributed by atoms with Gasteiger partial charge < -0.3 is 14.6 Å². The number of ether oxygens (including phenoxy) is 1. The number of rotatable bonds is 4. The van der Waals surface area contributed by atoms with E-state index >= 15 is 0 Å². The van der Waals surface area contributed by atoms with Crippen LogP contribution in [0, 0.1) is 0 Å². The van der Waals surface area contributed by atoms with Gasteiger partial charge in [0, 0.05) is 32.3 Å². The number of hydrogen-bond donors (Lipinski definition) is 1. The van der Waals surface area contributed by atoms with Gasteiger partial charge in [-0.3, -0.25) is 0 Å². The summed E-state index contributed by atoms with van der Waals surface area (Å²) in [6.07, 6.45) is 6.26. The number of aryl methyl sites for hydroxylation is 2. The van der Waals surface area contributed by atoms with E-state index in [-0.39, 0.29) is 0 Å². The van der Waals surface area contributed by atoms with Crippen molar-refractivity contribution in [1.29, 1.82) is 0 Å². The number of carbonyl (C=O) groups is 1. The molecule has 124 valence electrons. The third-order valence-electron chi connectivity index (χ3n) is 3.22. The Labute approximate surface area is 137 Å². The topological polar surface area (TPSA) is 60.0 Å². The molecule has 1 N–H and O–H groups in total. The second-order valence-corrected chi connectivity index (χ2v) is 6.59. The molecule has 2 heterocycles. The Balaban J connectivity index is 1.96. The number of aromatic nitrogens is 3. The van der Waals surface area contributed by atoms with E-state index in [1.807, 2.05) is 74.7 Å². The molecule has 0 saturated heterocycles. The van der Waals surface area contributed by atoms with Crippen LogP contribution in [-0.4, -0.2) is 27.8 Å². The normalized spacial score (nSPS) is 11.3. The molecule has 0 aromatic carbocycles. The third-order valence-corrected chi connectivity index (χ3v) is 3.22. The summed E-state index contributed by atoms with van der Waals surface area (Å²) in [5, 5.41) is 2.75. The molecule has 0 aliphatic heterocycles. The first-order valence-electron chi connectivity index (χ1n) is 7.69. The van der Waals surface area contributed by atoms with E-state index in [4.69, 9.17) is 4.74 Å². The predicted octanol–water partition coefficient (Wildman–Crippen LogP) is 1.98. The van der Waals surface area contributed by atoms with Crippen molar-refractivity contribution < 1.29 is 14.1 Å². The SMILES string of the molecule is Cn1cc(-c2ccc[n+](C)c2)nc1CCNC(=O)OC(C)(C)C. The number of amides is 1. The van der Waals surface area contributed by atoms with Crippen LogP contribution >= 0.6 is 0 Å². The number of alkyl carbamates (subject to hydrolysis) is 1. The quantitative estimate of drug-likeness (QED) is 0.877. The molecule has 0 atom stereocenters. The van der Waals surface area contributed by atoms with Crippen LogP contribution < -0.4 is 9.88 Å². The molecule has 0 saturated carbocycles. The Morgan fingerprint density at radius 1 is 1.43 bits per heavy atom. The van der Waals surface area contributed by atoms with Crippen LogP contribution in [0.25, 0.3) is 11.3 Å². The lowest BCUT2D eigenvalue weighted by Gasteiger charge is -2.19. The molecule has 2 aromatic rings. The summed E-state index contributed by atoms with van der Waals surface area (Å²) in [4.78, 5) is 16.3. The van der Waals surface area contributed by atoms with Crippen molar-refractivity contribution in [3.8, 4) is 11.3 Å². The minimum absolute atomic E-state index is 0.401. The van der Waals surface area contributed by atoms with Crippen molar-refractivity contribution in [2.75, 3.05) is 6.54 Å². The van der Waals surface area contributed by atoms with Crippen LogP contribution in [0.15, 0.2) is 30.7 Å². The average molecular weight is 317 g/mol. The van der Waals surface area contributed by atoms with Gasteiger partial charge in [-0.05, 0) is 26.8 Å². The lowest BCUT2D eigenvalue weighted by Crippen LogP contribution is -2.33. The van der Waals surface area contributed by atoms with Gasteiger partial charge in [0.2, 0.25) is 0 Å². The Kier molecular flexibility index (Phi) is 5.03. The molecule has 2 aromatic heterocycles. The van der Waals surface area contributed by atoms with Gasteiger partial charge in [-0.1, -0.05) is 0 Å². The molecule has 0 fully saturated rings. The van der Waals surface area contributed by atoms with Crippen molar-refractivity contribution in [2.45, 2.75) is 32.8 Å². The highest BCUT2D eigenvalue weighted by Crippen LogP contribution is 2.16. The molecule has 6 heteroatoms. The monoisotopic (exact) mass is 317 g/mol. The van der Waals surface area contributed by atoms with E-state index in [9.17, 15) is 4.79 Å². The summed E-state index contributed by atoms with van der Waals surface area (Å²) < 4.78 is 9.19. The lowest BCUT2D eigenvalue weighted by atomic mass is 10.2. The molecular weight excluding hydrogens is 292 g/mol. The first-order chi connectivity index (χ1) is 10.7. The van der Waals surface area contributed by atoms with Gasteiger partial charge in [0.15, 0.2) is 12.4 Å². The average Bonchev–Trinajstić information content (AvgIpc) is 2.78. The van der Waals surface area contributed by atoms with E-state index in [0.717, 1.165) is 17.1 Å². The van der Waals surface area contributed by atoms with Crippen molar-refractivity contribution in [1.82, 2.24) is 14.9 Å². The minimum Gasteiger partial charge on any atom is -0.444 e. The van der Waals surface area contributed by atoms with Gasteiger partial charge in [-0.2, -0.15) is 0 Å². The molecule has 0 bridgehead atoms. The summed E-state index contributed by atoms with van der Waals surface area (Å²) in [5.41, 5.74) is 1.51. The smallest absolute Gasteiger partial charge is 0.407 e. The zero-order valence-corrected chi connectivity index (χ0v) is 14.5. The van der Waals surface area contributed by atoms with E-state index in [2.05, 4.69) is 10.3 Å². The Morgan fingerprint density at radius 2 is 2.17 bits per heavy atom. The summed E-state index contributed by atoms with van der Waals surface area (Å²) in [6, 6.07) is 4.03. The van der Waals surface area contributed by atoms with Crippen LogP contribution in [0.4, 0.5) is 4.79 Å². The van der Waals surface area contributed by atoms with Gasteiger partial charge in [0.05, 0.1) is 11.3 Å². The number of nitrogens with zero attached hydrogens (tertiary/aromatic N) is 3. The maximum Gasteiger partial charge on any atom is 0.407 e. The van der Waals surface area contributed by atoms with Crippen LogP contribution in [-0.2, 0) is 25.3 Å². The number of nitrogens with one attached hydrogen (secondary N) is 1. The minimum atomic E-state index is -0.483. The van der Waals surface area contributed by atoms with Crippen molar-refractivity contribution in [2.24, 2.45) is 14.1 Å². The van der Waals surface area contributed by atoms with E-state index in [1.165, 1.54) is 0 Å². The predicted molar refractivity (Wildman–Crippen MR) is 87.8 cm³/mol. The van der Waals surface area contributed by atoms with Crippen LogP contribution in [0.5, 0.6) is 0 Å². The molecule has 1 amide bonds. The first-order valence-corrected chi connectivity index (χ1v) is 7.69. The highest BCUT2D eigenvalue weighted by atomic mass is 16.6. The van der Waals surface area contributed by atoms with Crippen LogP contribution in [0.1, 0.15) is 26.6 Å². The highest BCUT2D eigenvalue weighted by Gasteiger charge is 2.16. The van der Waals surface area contributed by atoms with Crippen molar-refractivity contribution >= 4 is 6.09 Å². The molecule has 0 spiro atoms. The van der Waals surface area contributed by atoms with Crippen molar-refractivity contribution in [3.05, 3.63) is 36.5 Å². The summed E-state index contributed by atoms with van der Waals surface area (Å²) in [5.74, 6) is 0.919. The lowest BCUT2D eigenvalue weighted by molar-refractivity contribution is -0.671. The molecule has 2 rings (SSSR count). The van der Waals surface area contributed by atoms with Gasteiger partial charge in [0.25, 0.3) is 0 Å². The molecule has 6 nitrogen and oxygen atoms in total. The fourth-order valence-corrected chi connectivity index (χ4v) is 2.21. The van der Waals surface area contributed by atoms with Gasteiger partial charge in [0.1, 0.15) is 18.5 Å². The zero-order valence-electron chi connectivity index (χ0n) is 14.5. The molecule has 0 radical (unpaired) electrons. The fourth-order valence-electron chi connectivity index (χ4n) is 2.21. The number of pyridine rings is 1. The molecule has 0 unspecified atom stereocenters. The summed E-state index contributed by atoms with van der Waals surface area (Å²) >= 11 is 0. The second-order valence-electron chi connectivity index (χ2n) is 6.59. The first kappa shape index (κ1) is 17.0. The van der Waals surface area contributed by atoms with Gasteiger partial charge in [-0.15, -0.1) is 0 Å². The van der Waals surface area contributed by atoms with E-state index < -0.39 is 11.7 Å². The second kappa shape index (κ2) is 6.81. The van der Waals surface area contributed by atoms with E-state index in [1.54, 1.807) is 0 Å². The number of imidazole rings is 1. The Bertz CT molecular complexity index is 686. The van der Waals surface area contributed by atoms with E-state index in [0.29, 0.717) is 13.0 Å². The fraction of sp³-hybridized carbons (Fsp3) is 0.471. The zero-order chi connectivity index (χ0) is 17.0. The maximum absolute atomic E-state index is 11.6. The number of hydrogen-bond acceptors (Lipinski definition) is 3. The molecular formula is C17H25N4O2+. The molecule has 0 aliphatic carbocycles. The Morgan fingerprint density at radius 3 is 2.83 bits per heavy atom. The van der Waals surface area contributed by atoms with Gasteiger partial charge in [-0.25, -0.2) is 14.3 Å².